The van der Waals surface area contributed by atoms with Gasteiger partial charge in [-0.1, -0.05) is 61.6 Å². The molecule has 29 heavy (non-hydrogen) atoms. The Labute approximate surface area is 172 Å². The van der Waals surface area contributed by atoms with E-state index in [1.165, 1.54) is 11.3 Å². The highest BCUT2D eigenvalue weighted by Crippen LogP contribution is 2.28. The van der Waals surface area contributed by atoms with Crippen molar-refractivity contribution in [2.24, 2.45) is 5.92 Å². The number of anilines is 1. The Kier molecular flexibility index (Phi) is 5.57. The van der Waals surface area contributed by atoms with Gasteiger partial charge in [-0.15, -0.1) is 10.2 Å². The highest BCUT2D eigenvalue weighted by molar-refractivity contribution is 7.15. The first-order valence-electron chi connectivity index (χ1n) is 9.42. The monoisotopic (exact) mass is 407 g/mol. The molecule has 1 N–H and O–H groups in total. The van der Waals surface area contributed by atoms with E-state index in [2.05, 4.69) is 29.4 Å². The molecule has 7 heteroatoms. The molecule has 0 aliphatic carbocycles. The van der Waals surface area contributed by atoms with Crippen LogP contribution in [0.3, 0.4) is 0 Å². The van der Waals surface area contributed by atoms with Gasteiger partial charge in [-0.25, -0.2) is 0 Å². The SMILES string of the molecule is CC(C)Cc1nnc(NC(=O)c2oc3ccccc3c2COc2ccccc2)s1. The molecule has 148 valence electrons. The number of furan rings is 1. The summed E-state index contributed by atoms with van der Waals surface area (Å²) in [7, 11) is 0. The zero-order valence-corrected chi connectivity index (χ0v) is 17.0. The fourth-order valence-electron chi connectivity index (χ4n) is 2.99. The van der Waals surface area contributed by atoms with Gasteiger partial charge >= 0.3 is 0 Å². The second kappa shape index (κ2) is 8.45. The quantitative estimate of drug-likeness (QED) is 0.449. The Morgan fingerprint density at radius 3 is 2.66 bits per heavy atom. The first-order valence-corrected chi connectivity index (χ1v) is 10.2. The van der Waals surface area contributed by atoms with Crippen molar-refractivity contribution in [3.63, 3.8) is 0 Å². The van der Waals surface area contributed by atoms with E-state index in [1.807, 2.05) is 54.6 Å². The van der Waals surface area contributed by atoms with Crippen molar-refractivity contribution < 1.29 is 13.9 Å². The average molecular weight is 407 g/mol. The summed E-state index contributed by atoms with van der Waals surface area (Å²) in [6.07, 6.45) is 0.828. The summed E-state index contributed by atoms with van der Waals surface area (Å²) >= 11 is 1.38. The number of carbonyl (C=O) groups excluding carboxylic acids is 1. The first-order chi connectivity index (χ1) is 14.1. The van der Waals surface area contributed by atoms with Crippen molar-refractivity contribution in [2.75, 3.05) is 5.32 Å². The fraction of sp³-hybridized carbons (Fsp3) is 0.227. The second-order valence-corrected chi connectivity index (χ2v) is 8.12. The molecule has 0 spiro atoms. The molecular weight excluding hydrogens is 386 g/mol. The van der Waals surface area contributed by atoms with Crippen LogP contribution in [0.4, 0.5) is 5.13 Å². The molecule has 0 atom stereocenters. The van der Waals surface area contributed by atoms with Crippen LogP contribution < -0.4 is 10.1 Å². The number of para-hydroxylation sites is 2. The van der Waals surface area contributed by atoms with Gasteiger partial charge in [0, 0.05) is 17.4 Å². The van der Waals surface area contributed by atoms with E-state index in [0.29, 0.717) is 22.2 Å². The molecule has 1 amide bonds. The van der Waals surface area contributed by atoms with Crippen molar-refractivity contribution in [3.8, 4) is 5.75 Å². The second-order valence-electron chi connectivity index (χ2n) is 7.06. The number of fused-ring (bicyclic) bond motifs is 1. The van der Waals surface area contributed by atoms with Crippen LogP contribution >= 0.6 is 11.3 Å². The van der Waals surface area contributed by atoms with Crippen LogP contribution in [0.1, 0.15) is 35.0 Å². The Balaban J connectivity index is 1.58. The van der Waals surface area contributed by atoms with E-state index in [4.69, 9.17) is 9.15 Å². The molecule has 0 unspecified atom stereocenters. The zero-order valence-electron chi connectivity index (χ0n) is 16.2. The Morgan fingerprint density at radius 1 is 1.10 bits per heavy atom. The number of ether oxygens (including phenoxy) is 1. The van der Waals surface area contributed by atoms with Crippen molar-refractivity contribution in [3.05, 3.63) is 70.9 Å². The Bertz CT molecular complexity index is 1120. The number of nitrogens with one attached hydrogen (secondary N) is 1. The third-order valence-electron chi connectivity index (χ3n) is 4.30. The van der Waals surface area contributed by atoms with Crippen LogP contribution in [-0.2, 0) is 13.0 Å². The third-order valence-corrected chi connectivity index (χ3v) is 5.16. The normalized spacial score (nSPS) is 11.1. The minimum atomic E-state index is -0.361. The van der Waals surface area contributed by atoms with Gasteiger partial charge in [-0.05, 0) is 24.1 Å². The lowest BCUT2D eigenvalue weighted by Gasteiger charge is -2.06. The van der Waals surface area contributed by atoms with Crippen LogP contribution in [0.15, 0.2) is 59.0 Å². The van der Waals surface area contributed by atoms with Gasteiger partial charge in [0.1, 0.15) is 22.9 Å². The molecule has 6 nitrogen and oxygen atoms in total. The lowest BCUT2D eigenvalue weighted by molar-refractivity contribution is 0.0995. The van der Waals surface area contributed by atoms with Crippen LogP contribution in [0, 0.1) is 5.92 Å². The topological polar surface area (TPSA) is 77.3 Å². The number of hydrogen-bond donors (Lipinski definition) is 1. The molecule has 2 aromatic heterocycles. The molecule has 0 radical (unpaired) electrons. The molecule has 2 aromatic carbocycles. The van der Waals surface area contributed by atoms with Crippen molar-refractivity contribution >= 4 is 33.3 Å². The lowest BCUT2D eigenvalue weighted by Crippen LogP contribution is -2.13. The molecule has 4 rings (SSSR count). The molecule has 0 saturated carbocycles. The predicted octanol–water partition coefficient (Wildman–Crippen LogP) is 5.31. The highest BCUT2D eigenvalue weighted by atomic mass is 32.1. The Hall–Kier alpha value is -3.19. The van der Waals surface area contributed by atoms with Gasteiger partial charge in [-0.2, -0.15) is 0 Å². The van der Waals surface area contributed by atoms with E-state index in [-0.39, 0.29) is 18.3 Å². The van der Waals surface area contributed by atoms with E-state index in [9.17, 15) is 4.79 Å². The number of nitrogens with zero attached hydrogens (tertiary/aromatic N) is 2. The van der Waals surface area contributed by atoms with Crippen LogP contribution in [-0.4, -0.2) is 16.1 Å². The van der Waals surface area contributed by atoms with Gasteiger partial charge in [0.05, 0.1) is 0 Å². The summed E-state index contributed by atoms with van der Waals surface area (Å²) in [6, 6.07) is 17.0. The van der Waals surface area contributed by atoms with E-state index < -0.39 is 0 Å². The summed E-state index contributed by atoms with van der Waals surface area (Å²) in [5.41, 5.74) is 1.34. The summed E-state index contributed by atoms with van der Waals surface area (Å²) in [5.74, 6) is 1.07. The number of carbonyl (C=O) groups is 1. The number of hydrogen-bond acceptors (Lipinski definition) is 6. The van der Waals surface area contributed by atoms with Crippen molar-refractivity contribution in [2.45, 2.75) is 26.9 Å². The number of rotatable bonds is 7. The summed E-state index contributed by atoms with van der Waals surface area (Å²) in [4.78, 5) is 12.9. The molecule has 0 bridgehead atoms. The van der Waals surface area contributed by atoms with Gasteiger partial charge < -0.3 is 9.15 Å². The summed E-state index contributed by atoms with van der Waals surface area (Å²) < 4.78 is 11.7. The molecule has 0 fully saturated rings. The molecule has 0 aliphatic rings. The largest absolute Gasteiger partial charge is 0.489 e. The van der Waals surface area contributed by atoms with Crippen LogP contribution in [0.2, 0.25) is 0 Å². The predicted molar refractivity (Wildman–Crippen MR) is 113 cm³/mol. The van der Waals surface area contributed by atoms with E-state index in [1.54, 1.807) is 0 Å². The molecular formula is C22H21N3O3S. The highest BCUT2D eigenvalue weighted by Gasteiger charge is 2.22. The molecule has 2 heterocycles. The van der Waals surface area contributed by atoms with Crippen LogP contribution in [0.25, 0.3) is 11.0 Å². The lowest BCUT2D eigenvalue weighted by atomic mass is 10.1. The van der Waals surface area contributed by atoms with Gasteiger partial charge in [0.15, 0.2) is 5.76 Å². The van der Waals surface area contributed by atoms with Crippen molar-refractivity contribution in [1.29, 1.82) is 0 Å². The maximum absolute atomic E-state index is 12.9. The maximum atomic E-state index is 12.9. The first kappa shape index (κ1) is 19.1. The third kappa shape index (κ3) is 4.46. The summed E-state index contributed by atoms with van der Waals surface area (Å²) in [5, 5.41) is 13.2. The van der Waals surface area contributed by atoms with Crippen LogP contribution in [0.5, 0.6) is 5.75 Å². The Morgan fingerprint density at radius 2 is 1.86 bits per heavy atom. The minimum absolute atomic E-state index is 0.221. The maximum Gasteiger partial charge on any atom is 0.293 e. The number of aromatic nitrogens is 2. The molecule has 0 saturated heterocycles. The average Bonchev–Trinajstić information content (AvgIpc) is 3.30. The van der Waals surface area contributed by atoms with Crippen molar-refractivity contribution in [1.82, 2.24) is 10.2 Å². The summed E-state index contributed by atoms with van der Waals surface area (Å²) in [6.45, 7) is 4.46. The smallest absolute Gasteiger partial charge is 0.293 e. The fourth-order valence-corrected chi connectivity index (χ4v) is 3.93. The zero-order chi connectivity index (χ0) is 20.2. The van der Waals surface area contributed by atoms with E-state index in [0.717, 1.165) is 22.6 Å². The minimum Gasteiger partial charge on any atom is -0.489 e. The number of benzene rings is 2. The van der Waals surface area contributed by atoms with Gasteiger partial charge in [0.2, 0.25) is 5.13 Å². The van der Waals surface area contributed by atoms with E-state index >= 15 is 0 Å². The molecule has 4 aromatic rings. The standard InChI is InChI=1S/C22H21N3O3S/c1-14(2)12-19-24-25-22(29-19)23-21(26)20-17(13-27-15-8-4-3-5-9-15)16-10-6-7-11-18(16)28-20/h3-11,14H,12-13H2,1-2H3,(H,23,25,26). The van der Waals surface area contributed by atoms with Gasteiger partial charge in [0.25, 0.3) is 5.91 Å². The van der Waals surface area contributed by atoms with Gasteiger partial charge in [-0.3, -0.25) is 10.1 Å². The molecule has 0 aliphatic heterocycles. The number of amides is 1.